The highest BCUT2D eigenvalue weighted by Gasteiger charge is 2.24. The zero-order valence-electron chi connectivity index (χ0n) is 15.5. The molecule has 27 heavy (non-hydrogen) atoms. The van der Waals surface area contributed by atoms with E-state index in [-0.39, 0.29) is 24.2 Å². The molecule has 1 aliphatic heterocycles. The summed E-state index contributed by atoms with van der Waals surface area (Å²) in [4.78, 5) is 26.1. The van der Waals surface area contributed by atoms with E-state index < -0.39 is 5.82 Å². The molecule has 0 saturated heterocycles. The van der Waals surface area contributed by atoms with Gasteiger partial charge in [-0.15, -0.1) is 0 Å². The van der Waals surface area contributed by atoms with E-state index in [1.54, 1.807) is 18.2 Å². The van der Waals surface area contributed by atoms with Crippen molar-refractivity contribution in [2.24, 2.45) is 5.92 Å². The molecule has 142 valence electrons. The van der Waals surface area contributed by atoms with Crippen LogP contribution in [0.2, 0.25) is 0 Å². The first-order valence-electron chi connectivity index (χ1n) is 9.04. The van der Waals surface area contributed by atoms with Crippen LogP contribution in [0.3, 0.4) is 0 Å². The molecule has 0 aliphatic carbocycles. The van der Waals surface area contributed by atoms with E-state index in [1.165, 1.54) is 12.1 Å². The molecule has 0 unspecified atom stereocenters. The summed E-state index contributed by atoms with van der Waals surface area (Å²) in [5.74, 6) is -0.333. The molecule has 2 amide bonds. The number of amides is 2. The van der Waals surface area contributed by atoms with Gasteiger partial charge in [0, 0.05) is 24.3 Å². The molecule has 2 aromatic carbocycles. The average molecular weight is 370 g/mol. The number of para-hydroxylation sites is 1. The summed E-state index contributed by atoms with van der Waals surface area (Å²) < 4.78 is 18.7. The quantitative estimate of drug-likeness (QED) is 0.842. The number of carbonyl (C=O) groups is 2. The standard InChI is InChI=1S/C21H23FN2O3/c1-14(2)12-24-18-9-8-16(11-15(18)7-10-21(24)26)23-20(25)13-27-19-6-4-3-5-17(19)22/h3-6,8-9,11,14H,7,10,12-13H2,1-2H3,(H,23,25). The molecular formula is C21H23FN2O3. The van der Waals surface area contributed by atoms with Crippen LogP contribution in [0.1, 0.15) is 25.8 Å². The number of nitrogens with zero attached hydrogens (tertiary/aromatic N) is 1. The fourth-order valence-corrected chi connectivity index (χ4v) is 3.11. The molecule has 0 fully saturated rings. The van der Waals surface area contributed by atoms with Gasteiger partial charge in [0.25, 0.3) is 5.91 Å². The predicted molar refractivity (Wildman–Crippen MR) is 102 cm³/mol. The topological polar surface area (TPSA) is 58.6 Å². The monoisotopic (exact) mass is 370 g/mol. The third-order valence-corrected chi connectivity index (χ3v) is 4.31. The van der Waals surface area contributed by atoms with Gasteiger partial charge >= 0.3 is 0 Å². The van der Waals surface area contributed by atoms with Crippen molar-refractivity contribution in [3.8, 4) is 5.75 Å². The first-order valence-corrected chi connectivity index (χ1v) is 9.04. The van der Waals surface area contributed by atoms with E-state index in [1.807, 2.05) is 17.0 Å². The number of nitrogens with one attached hydrogen (secondary N) is 1. The van der Waals surface area contributed by atoms with E-state index in [0.29, 0.717) is 31.0 Å². The van der Waals surface area contributed by atoms with Crippen LogP contribution < -0.4 is 15.0 Å². The number of hydrogen-bond acceptors (Lipinski definition) is 3. The van der Waals surface area contributed by atoms with Crippen LogP contribution in [0, 0.1) is 11.7 Å². The summed E-state index contributed by atoms with van der Waals surface area (Å²) in [5.41, 5.74) is 2.57. The van der Waals surface area contributed by atoms with Crippen LogP contribution in [0.4, 0.5) is 15.8 Å². The molecule has 0 spiro atoms. The van der Waals surface area contributed by atoms with Gasteiger partial charge in [-0.05, 0) is 48.2 Å². The maximum Gasteiger partial charge on any atom is 0.262 e. The maximum atomic E-state index is 13.5. The Morgan fingerprint density at radius 1 is 1.22 bits per heavy atom. The van der Waals surface area contributed by atoms with Crippen LogP contribution in [0.5, 0.6) is 5.75 Å². The number of rotatable bonds is 6. The molecule has 0 bridgehead atoms. The highest BCUT2D eigenvalue weighted by atomic mass is 19.1. The van der Waals surface area contributed by atoms with Gasteiger partial charge in [0.05, 0.1) is 0 Å². The van der Waals surface area contributed by atoms with E-state index in [4.69, 9.17) is 4.74 Å². The highest BCUT2D eigenvalue weighted by molar-refractivity contribution is 5.97. The zero-order chi connectivity index (χ0) is 19.4. The van der Waals surface area contributed by atoms with E-state index in [9.17, 15) is 14.0 Å². The van der Waals surface area contributed by atoms with Crippen molar-refractivity contribution in [1.29, 1.82) is 0 Å². The summed E-state index contributed by atoms with van der Waals surface area (Å²) in [5, 5.41) is 2.76. The van der Waals surface area contributed by atoms with Gasteiger partial charge in [-0.2, -0.15) is 0 Å². The van der Waals surface area contributed by atoms with Gasteiger partial charge in [0.2, 0.25) is 5.91 Å². The van der Waals surface area contributed by atoms with Gasteiger partial charge in [0.1, 0.15) is 0 Å². The van der Waals surface area contributed by atoms with Crippen LogP contribution in [0.15, 0.2) is 42.5 Å². The first-order chi connectivity index (χ1) is 12.9. The summed E-state index contributed by atoms with van der Waals surface area (Å²) >= 11 is 0. The Labute approximate surface area is 158 Å². The number of anilines is 2. The number of ether oxygens (including phenoxy) is 1. The number of aryl methyl sites for hydroxylation is 1. The third-order valence-electron chi connectivity index (χ3n) is 4.31. The predicted octanol–water partition coefficient (Wildman–Crippen LogP) is 3.78. The second kappa shape index (κ2) is 8.20. The Morgan fingerprint density at radius 3 is 2.74 bits per heavy atom. The molecule has 0 radical (unpaired) electrons. The van der Waals surface area contributed by atoms with Crippen LogP contribution >= 0.6 is 0 Å². The number of fused-ring (bicyclic) bond motifs is 1. The lowest BCUT2D eigenvalue weighted by molar-refractivity contribution is -0.119. The van der Waals surface area contributed by atoms with E-state index in [0.717, 1.165) is 11.3 Å². The Hall–Kier alpha value is -2.89. The van der Waals surface area contributed by atoms with Gasteiger partial charge < -0.3 is 15.0 Å². The summed E-state index contributed by atoms with van der Waals surface area (Å²) in [6.07, 6.45) is 1.12. The number of hydrogen-bond donors (Lipinski definition) is 1. The van der Waals surface area contributed by atoms with Crippen molar-refractivity contribution < 1.29 is 18.7 Å². The SMILES string of the molecule is CC(C)CN1C(=O)CCc2cc(NC(=O)COc3ccccc3F)ccc21. The summed E-state index contributed by atoms with van der Waals surface area (Å²) in [6, 6.07) is 11.5. The van der Waals surface area contributed by atoms with Gasteiger partial charge in [-0.25, -0.2) is 4.39 Å². The van der Waals surface area contributed by atoms with Gasteiger partial charge in [0.15, 0.2) is 18.2 Å². The Balaban J connectivity index is 1.65. The zero-order valence-corrected chi connectivity index (χ0v) is 15.5. The Morgan fingerprint density at radius 2 is 2.00 bits per heavy atom. The minimum absolute atomic E-state index is 0.0425. The fourth-order valence-electron chi connectivity index (χ4n) is 3.11. The van der Waals surface area contributed by atoms with Gasteiger partial charge in [-0.1, -0.05) is 26.0 Å². The Bertz CT molecular complexity index is 851. The number of benzene rings is 2. The summed E-state index contributed by atoms with van der Waals surface area (Å²) in [6.45, 7) is 4.54. The molecule has 3 rings (SSSR count). The second-order valence-corrected chi connectivity index (χ2v) is 7.01. The molecule has 0 atom stereocenters. The van der Waals surface area contributed by atoms with Crippen molar-refractivity contribution in [2.75, 3.05) is 23.4 Å². The fraction of sp³-hybridized carbons (Fsp3) is 0.333. The van der Waals surface area contributed by atoms with E-state index in [2.05, 4.69) is 19.2 Å². The number of carbonyl (C=O) groups excluding carboxylic acids is 2. The Kier molecular flexibility index (Phi) is 5.74. The second-order valence-electron chi connectivity index (χ2n) is 7.01. The normalized spacial score (nSPS) is 13.5. The first kappa shape index (κ1) is 18.9. The minimum Gasteiger partial charge on any atom is -0.481 e. The minimum atomic E-state index is -0.506. The summed E-state index contributed by atoms with van der Waals surface area (Å²) in [7, 11) is 0. The lowest BCUT2D eigenvalue weighted by Gasteiger charge is -2.31. The largest absolute Gasteiger partial charge is 0.481 e. The molecule has 1 aliphatic rings. The molecule has 6 heteroatoms. The lowest BCUT2D eigenvalue weighted by Crippen LogP contribution is -2.37. The van der Waals surface area contributed by atoms with Crippen molar-refractivity contribution in [3.05, 3.63) is 53.8 Å². The average Bonchev–Trinajstić information content (AvgIpc) is 2.63. The molecule has 2 aromatic rings. The van der Waals surface area contributed by atoms with Crippen LogP contribution in [-0.2, 0) is 16.0 Å². The smallest absolute Gasteiger partial charge is 0.262 e. The van der Waals surface area contributed by atoms with Crippen LogP contribution in [-0.4, -0.2) is 25.0 Å². The highest BCUT2D eigenvalue weighted by Crippen LogP contribution is 2.31. The maximum absolute atomic E-state index is 13.5. The van der Waals surface area contributed by atoms with Crippen molar-refractivity contribution >= 4 is 23.2 Å². The molecule has 5 nitrogen and oxygen atoms in total. The molecule has 1 N–H and O–H groups in total. The molecule has 1 heterocycles. The molecular weight excluding hydrogens is 347 g/mol. The van der Waals surface area contributed by atoms with E-state index >= 15 is 0 Å². The third kappa shape index (κ3) is 4.64. The molecule has 0 saturated carbocycles. The van der Waals surface area contributed by atoms with Crippen LogP contribution in [0.25, 0.3) is 0 Å². The lowest BCUT2D eigenvalue weighted by atomic mass is 9.99. The molecule has 0 aromatic heterocycles. The number of halogens is 1. The van der Waals surface area contributed by atoms with Gasteiger partial charge in [-0.3, -0.25) is 9.59 Å². The van der Waals surface area contributed by atoms with Crippen molar-refractivity contribution in [3.63, 3.8) is 0 Å². The van der Waals surface area contributed by atoms with Crippen molar-refractivity contribution in [2.45, 2.75) is 26.7 Å². The van der Waals surface area contributed by atoms with Crippen molar-refractivity contribution in [1.82, 2.24) is 0 Å².